The number of aromatic nitrogens is 2. The van der Waals surface area contributed by atoms with Crippen LogP contribution in [0.15, 0.2) is 47.9 Å². The van der Waals surface area contributed by atoms with Crippen molar-refractivity contribution in [2.24, 2.45) is 0 Å². The fourth-order valence-electron chi connectivity index (χ4n) is 1.89. The molecule has 4 nitrogen and oxygen atoms in total. The third kappa shape index (κ3) is 3.49. The fraction of sp³-hybridized carbons (Fsp3) is 0.200. The molecule has 2 aromatic rings. The second-order valence-corrected chi connectivity index (χ2v) is 4.94. The zero-order valence-corrected chi connectivity index (χ0v) is 12.3. The van der Waals surface area contributed by atoms with Gasteiger partial charge in [-0.15, -0.1) is 6.58 Å². The van der Waals surface area contributed by atoms with E-state index in [0.717, 1.165) is 5.56 Å². The molecule has 1 heterocycles. The number of benzene rings is 1. The Kier molecular flexibility index (Phi) is 4.75. The van der Waals surface area contributed by atoms with Crippen molar-refractivity contribution in [3.8, 4) is 0 Å². The SMILES string of the molecule is C=CCn1ncc(NC(C)c2ccc(F)cc2)c(Cl)c1=O. The summed E-state index contributed by atoms with van der Waals surface area (Å²) in [6, 6.07) is 5.98. The van der Waals surface area contributed by atoms with Gasteiger partial charge in [-0.05, 0) is 24.6 Å². The number of halogens is 2. The van der Waals surface area contributed by atoms with Crippen LogP contribution in [0.25, 0.3) is 0 Å². The van der Waals surface area contributed by atoms with Crippen molar-refractivity contribution in [1.82, 2.24) is 9.78 Å². The van der Waals surface area contributed by atoms with Crippen molar-refractivity contribution in [3.05, 3.63) is 69.9 Å². The molecule has 0 amide bonds. The van der Waals surface area contributed by atoms with Gasteiger partial charge in [0.15, 0.2) is 0 Å². The van der Waals surface area contributed by atoms with Crippen molar-refractivity contribution in [2.75, 3.05) is 5.32 Å². The highest BCUT2D eigenvalue weighted by Crippen LogP contribution is 2.22. The molecule has 0 fully saturated rings. The van der Waals surface area contributed by atoms with Crippen molar-refractivity contribution >= 4 is 17.3 Å². The van der Waals surface area contributed by atoms with Crippen LogP contribution >= 0.6 is 11.6 Å². The Bertz CT molecular complexity index is 697. The summed E-state index contributed by atoms with van der Waals surface area (Å²) in [5, 5.41) is 7.19. The lowest BCUT2D eigenvalue weighted by atomic mass is 10.1. The first-order valence-corrected chi connectivity index (χ1v) is 6.79. The first-order valence-electron chi connectivity index (χ1n) is 6.41. The lowest BCUT2D eigenvalue weighted by Gasteiger charge is -2.16. The molecule has 1 N–H and O–H groups in total. The zero-order valence-electron chi connectivity index (χ0n) is 11.5. The first kappa shape index (κ1) is 15.3. The minimum atomic E-state index is -0.382. The number of allylic oxidation sites excluding steroid dienone is 1. The molecule has 2 rings (SSSR count). The summed E-state index contributed by atoms with van der Waals surface area (Å²) in [4.78, 5) is 12.0. The van der Waals surface area contributed by atoms with Gasteiger partial charge in [0.25, 0.3) is 5.56 Å². The Labute approximate surface area is 126 Å². The summed E-state index contributed by atoms with van der Waals surface area (Å²) in [5.74, 6) is -0.294. The monoisotopic (exact) mass is 307 g/mol. The summed E-state index contributed by atoms with van der Waals surface area (Å²) < 4.78 is 14.1. The molecule has 21 heavy (non-hydrogen) atoms. The van der Waals surface area contributed by atoms with Crippen LogP contribution in [0.5, 0.6) is 0 Å². The van der Waals surface area contributed by atoms with Gasteiger partial charge >= 0.3 is 0 Å². The summed E-state index contributed by atoms with van der Waals surface area (Å²) in [6.45, 7) is 5.74. The Balaban J connectivity index is 2.23. The number of anilines is 1. The van der Waals surface area contributed by atoms with Gasteiger partial charge in [0.1, 0.15) is 10.8 Å². The van der Waals surface area contributed by atoms with Crippen molar-refractivity contribution in [1.29, 1.82) is 0 Å². The van der Waals surface area contributed by atoms with Crippen molar-refractivity contribution in [3.63, 3.8) is 0 Å². The summed E-state index contributed by atoms with van der Waals surface area (Å²) in [6.07, 6.45) is 3.06. The van der Waals surface area contributed by atoms with E-state index in [0.29, 0.717) is 12.2 Å². The number of hydrogen-bond donors (Lipinski definition) is 1. The minimum absolute atomic E-state index is 0.0702. The van der Waals surface area contributed by atoms with Crippen molar-refractivity contribution in [2.45, 2.75) is 19.5 Å². The highest BCUT2D eigenvalue weighted by molar-refractivity contribution is 6.32. The third-order valence-corrected chi connectivity index (χ3v) is 3.39. The number of hydrogen-bond acceptors (Lipinski definition) is 3. The highest BCUT2D eigenvalue weighted by Gasteiger charge is 2.12. The molecule has 0 bridgehead atoms. The summed E-state index contributed by atoms with van der Waals surface area (Å²) in [5.41, 5.74) is 0.939. The van der Waals surface area contributed by atoms with Crippen LogP contribution < -0.4 is 10.9 Å². The Morgan fingerprint density at radius 2 is 2.14 bits per heavy atom. The molecule has 0 spiro atoms. The Morgan fingerprint density at radius 1 is 1.48 bits per heavy atom. The van der Waals surface area contributed by atoms with Crippen LogP contribution in [0.2, 0.25) is 5.02 Å². The highest BCUT2D eigenvalue weighted by atomic mass is 35.5. The second-order valence-electron chi connectivity index (χ2n) is 4.57. The van der Waals surface area contributed by atoms with Crippen LogP contribution in [0, 0.1) is 5.82 Å². The molecule has 1 aromatic heterocycles. The van der Waals surface area contributed by atoms with Crippen molar-refractivity contribution < 1.29 is 4.39 Å². The Hall–Kier alpha value is -2.14. The molecule has 1 atom stereocenters. The van der Waals surface area contributed by atoms with E-state index in [-0.39, 0.29) is 22.4 Å². The average molecular weight is 308 g/mol. The van der Waals surface area contributed by atoms with Crippen LogP contribution in [-0.4, -0.2) is 9.78 Å². The van der Waals surface area contributed by atoms with Gasteiger partial charge in [0, 0.05) is 6.04 Å². The van der Waals surface area contributed by atoms with Gasteiger partial charge in [-0.3, -0.25) is 4.79 Å². The van der Waals surface area contributed by atoms with E-state index in [1.165, 1.54) is 23.0 Å². The predicted octanol–water partition coefficient (Wildman–Crippen LogP) is 3.39. The van der Waals surface area contributed by atoms with E-state index in [9.17, 15) is 9.18 Å². The zero-order chi connectivity index (χ0) is 15.4. The quantitative estimate of drug-likeness (QED) is 0.861. The minimum Gasteiger partial charge on any atom is -0.376 e. The van der Waals surface area contributed by atoms with Crippen LogP contribution in [0.1, 0.15) is 18.5 Å². The van der Waals surface area contributed by atoms with E-state index in [2.05, 4.69) is 17.0 Å². The first-order chi connectivity index (χ1) is 10.0. The molecule has 0 aliphatic carbocycles. The number of nitrogens with zero attached hydrogens (tertiary/aromatic N) is 2. The topological polar surface area (TPSA) is 46.9 Å². The maximum atomic E-state index is 12.9. The molecule has 0 saturated heterocycles. The van der Waals surface area contributed by atoms with E-state index in [1.807, 2.05) is 6.92 Å². The van der Waals surface area contributed by atoms with E-state index < -0.39 is 0 Å². The van der Waals surface area contributed by atoms with Gasteiger partial charge in [-0.2, -0.15) is 5.10 Å². The lowest BCUT2D eigenvalue weighted by molar-refractivity contribution is 0.626. The molecule has 0 aliphatic heterocycles. The fourth-order valence-corrected chi connectivity index (χ4v) is 2.09. The molecular weight excluding hydrogens is 293 g/mol. The summed E-state index contributed by atoms with van der Waals surface area (Å²) in [7, 11) is 0. The van der Waals surface area contributed by atoms with Gasteiger partial charge in [0.2, 0.25) is 0 Å². The van der Waals surface area contributed by atoms with Gasteiger partial charge in [-0.25, -0.2) is 9.07 Å². The third-order valence-electron chi connectivity index (χ3n) is 3.03. The average Bonchev–Trinajstić information content (AvgIpc) is 2.47. The molecule has 0 radical (unpaired) electrons. The van der Waals surface area contributed by atoms with Crippen LogP contribution in [-0.2, 0) is 6.54 Å². The largest absolute Gasteiger partial charge is 0.376 e. The number of rotatable bonds is 5. The Morgan fingerprint density at radius 3 is 2.76 bits per heavy atom. The summed E-state index contributed by atoms with van der Waals surface area (Å²) >= 11 is 6.06. The van der Waals surface area contributed by atoms with Crippen LogP contribution in [0.4, 0.5) is 10.1 Å². The maximum absolute atomic E-state index is 12.9. The molecule has 1 aromatic carbocycles. The predicted molar refractivity (Wildman–Crippen MR) is 82.1 cm³/mol. The second kappa shape index (κ2) is 6.54. The number of nitrogens with one attached hydrogen (secondary N) is 1. The normalized spacial score (nSPS) is 12.0. The van der Waals surface area contributed by atoms with Gasteiger partial charge in [-0.1, -0.05) is 29.8 Å². The molecule has 0 aliphatic rings. The maximum Gasteiger partial charge on any atom is 0.287 e. The molecular formula is C15H15ClFN3O. The van der Waals surface area contributed by atoms with Gasteiger partial charge < -0.3 is 5.32 Å². The lowest BCUT2D eigenvalue weighted by Crippen LogP contribution is -2.24. The van der Waals surface area contributed by atoms with E-state index in [1.54, 1.807) is 18.2 Å². The molecule has 6 heteroatoms. The van der Waals surface area contributed by atoms with E-state index in [4.69, 9.17) is 11.6 Å². The van der Waals surface area contributed by atoms with Crippen LogP contribution in [0.3, 0.4) is 0 Å². The molecule has 110 valence electrons. The smallest absolute Gasteiger partial charge is 0.287 e. The van der Waals surface area contributed by atoms with Gasteiger partial charge in [0.05, 0.1) is 18.4 Å². The molecule has 1 unspecified atom stereocenters. The standard InChI is InChI=1S/C15H15ClFN3O/c1-3-8-20-15(21)14(16)13(9-18-20)19-10(2)11-4-6-12(17)7-5-11/h3-7,9-10,19H,1,8H2,2H3. The molecule has 0 saturated carbocycles. The van der Waals surface area contributed by atoms with E-state index >= 15 is 0 Å².